The van der Waals surface area contributed by atoms with Crippen LogP contribution >= 0.6 is 0 Å². The van der Waals surface area contributed by atoms with Crippen LogP contribution in [0.5, 0.6) is 0 Å². The number of benzene rings is 1. The average molecular weight is 330 g/mol. The number of hydrogen-bond donors (Lipinski definition) is 0. The van der Waals surface area contributed by atoms with Gasteiger partial charge in [-0.15, -0.1) is 0 Å². The van der Waals surface area contributed by atoms with Crippen LogP contribution in [0.25, 0.3) is 0 Å². The molecule has 0 aliphatic carbocycles. The van der Waals surface area contributed by atoms with E-state index in [-0.39, 0.29) is 30.4 Å². The van der Waals surface area contributed by atoms with E-state index in [4.69, 9.17) is 4.74 Å². The molecule has 0 aromatic heterocycles. The monoisotopic (exact) mass is 330 g/mol. The summed E-state index contributed by atoms with van der Waals surface area (Å²) in [7, 11) is 0. The number of cyclic esters (lactones) is 1. The number of carbonyl (C=O) groups is 3. The molecule has 2 saturated heterocycles. The summed E-state index contributed by atoms with van der Waals surface area (Å²) in [5, 5.41) is 0. The van der Waals surface area contributed by atoms with Crippen LogP contribution in [0, 0.1) is 0 Å². The second kappa shape index (κ2) is 7.03. The van der Waals surface area contributed by atoms with Crippen molar-refractivity contribution in [3.05, 3.63) is 35.9 Å². The van der Waals surface area contributed by atoms with Crippen molar-refractivity contribution >= 4 is 17.9 Å². The third-order valence-corrected chi connectivity index (χ3v) is 4.83. The van der Waals surface area contributed by atoms with Crippen LogP contribution < -0.4 is 0 Å². The van der Waals surface area contributed by atoms with Crippen LogP contribution in [0.2, 0.25) is 0 Å². The van der Waals surface area contributed by atoms with Gasteiger partial charge in [-0.05, 0) is 24.8 Å². The lowest BCUT2D eigenvalue weighted by Gasteiger charge is -2.36. The summed E-state index contributed by atoms with van der Waals surface area (Å²) in [5.41, 5.74) is 1.03. The summed E-state index contributed by atoms with van der Waals surface area (Å²) in [6.07, 6.45) is 1.41. The molecule has 1 unspecified atom stereocenters. The molecular formula is C18H22N2O4. The molecule has 2 aliphatic rings. The van der Waals surface area contributed by atoms with Crippen LogP contribution in [0.3, 0.4) is 0 Å². The van der Waals surface area contributed by atoms with Gasteiger partial charge in [-0.3, -0.25) is 9.59 Å². The Morgan fingerprint density at radius 3 is 2.42 bits per heavy atom. The molecule has 128 valence electrons. The maximum absolute atomic E-state index is 12.8. The fourth-order valence-electron chi connectivity index (χ4n) is 3.52. The highest BCUT2D eigenvalue weighted by Crippen LogP contribution is 2.26. The SMILES string of the molecule is CCC(C(=O)N1CCC(N2C(=O)COC2=O)CC1)c1ccccc1. The second-order valence-electron chi connectivity index (χ2n) is 6.25. The van der Waals surface area contributed by atoms with E-state index in [9.17, 15) is 14.4 Å². The predicted octanol–water partition coefficient (Wildman–Crippen LogP) is 2.15. The Kier molecular flexibility index (Phi) is 4.83. The van der Waals surface area contributed by atoms with E-state index in [0.29, 0.717) is 25.9 Å². The molecule has 3 amide bonds. The topological polar surface area (TPSA) is 66.9 Å². The van der Waals surface area contributed by atoms with Crippen LogP contribution in [0.4, 0.5) is 4.79 Å². The van der Waals surface area contributed by atoms with E-state index < -0.39 is 6.09 Å². The van der Waals surface area contributed by atoms with Gasteiger partial charge in [0.1, 0.15) is 0 Å². The molecule has 2 fully saturated rings. The molecule has 1 atom stereocenters. The Morgan fingerprint density at radius 2 is 1.88 bits per heavy atom. The third kappa shape index (κ3) is 3.13. The maximum Gasteiger partial charge on any atom is 0.417 e. The van der Waals surface area contributed by atoms with Gasteiger partial charge in [0.25, 0.3) is 5.91 Å². The smallest absolute Gasteiger partial charge is 0.417 e. The maximum atomic E-state index is 12.8. The zero-order valence-corrected chi connectivity index (χ0v) is 13.8. The molecule has 0 bridgehead atoms. The summed E-state index contributed by atoms with van der Waals surface area (Å²) in [5.74, 6) is -0.292. The quantitative estimate of drug-likeness (QED) is 0.848. The predicted molar refractivity (Wildman–Crippen MR) is 87.3 cm³/mol. The van der Waals surface area contributed by atoms with Gasteiger partial charge in [-0.25, -0.2) is 9.69 Å². The fraction of sp³-hybridized carbons (Fsp3) is 0.500. The van der Waals surface area contributed by atoms with E-state index in [1.54, 1.807) is 0 Å². The van der Waals surface area contributed by atoms with Gasteiger partial charge < -0.3 is 9.64 Å². The van der Waals surface area contributed by atoms with E-state index in [1.807, 2.05) is 42.2 Å². The van der Waals surface area contributed by atoms with E-state index in [1.165, 1.54) is 4.90 Å². The number of likely N-dealkylation sites (tertiary alicyclic amines) is 1. The largest absolute Gasteiger partial charge is 0.439 e. The Balaban J connectivity index is 1.62. The first kappa shape index (κ1) is 16.5. The zero-order chi connectivity index (χ0) is 17.1. The van der Waals surface area contributed by atoms with Crippen LogP contribution in [0.15, 0.2) is 30.3 Å². The molecule has 2 heterocycles. The molecule has 0 spiro atoms. The van der Waals surface area contributed by atoms with Crippen molar-refractivity contribution < 1.29 is 19.1 Å². The Bertz CT molecular complexity index is 607. The van der Waals surface area contributed by atoms with E-state index in [2.05, 4.69) is 0 Å². The molecule has 1 aromatic rings. The summed E-state index contributed by atoms with van der Waals surface area (Å²) < 4.78 is 4.78. The van der Waals surface area contributed by atoms with Crippen molar-refractivity contribution in [3.63, 3.8) is 0 Å². The van der Waals surface area contributed by atoms with Gasteiger partial charge in [0, 0.05) is 19.1 Å². The summed E-state index contributed by atoms with van der Waals surface area (Å²) in [6.45, 7) is 2.97. The van der Waals surface area contributed by atoms with Crippen LogP contribution in [-0.4, -0.2) is 53.4 Å². The molecule has 0 N–H and O–H groups in total. The van der Waals surface area contributed by atoms with Gasteiger partial charge in [-0.2, -0.15) is 0 Å². The fourth-order valence-corrected chi connectivity index (χ4v) is 3.52. The summed E-state index contributed by atoms with van der Waals surface area (Å²) in [6, 6.07) is 9.64. The first-order chi connectivity index (χ1) is 11.6. The van der Waals surface area contributed by atoms with Gasteiger partial charge in [0.05, 0.1) is 5.92 Å². The van der Waals surface area contributed by atoms with Crippen molar-refractivity contribution in [2.45, 2.75) is 38.1 Å². The van der Waals surface area contributed by atoms with Crippen molar-refractivity contribution in [2.75, 3.05) is 19.7 Å². The number of carbonyl (C=O) groups excluding carboxylic acids is 3. The summed E-state index contributed by atoms with van der Waals surface area (Å²) in [4.78, 5) is 39.3. The third-order valence-electron chi connectivity index (χ3n) is 4.83. The van der Waals surface area contributed by atoms with Crippen molar-refractivity contribution in [1.29, 1.82) is 0 Å². The zero-order valence-electron chi connectivity index (χ0n) is 13.8. The van der Waals surface area contributed by atoms with Crippen molar-refractivity contribution in [2.24, 2.45) is 0 Å². The number of hydrogen-bond acceptors (Lipinski definition) is 4. The number of imide groups is 1. The molecule has 6 nitrogen and oxygen atoms in total. The minimum absolute atomic E-state index is 0.123. The van der Waals surface area contributed by atoms with Gasteiger partial charge in [0.15, 0.2) is 6.61 Å². The lowest BCUT2D eigenvalue weighted by atomic mass is 9.93. The minimum atomic E-state index is -0.555. The molecule has 2 aliphatic heterocycles. The van der Waals surface area contributed by atoms with Gasteiger partial charge >= 0.3 is 6.09 Å². The Labute approximate surface area is 141 Å². The number of amides is 3. The first-order valence-corrected chi connectivity index (χ1v) is 8.44. The Morgan fingerprint density at radius 1 is 1.21 bits per heavy atom. The highest BCUT2D eigenvalue weighted by molar-refractivity contribution is 5.98. The molecule has 24 heavy (non-hydrogen) atoms. The number of nitrogens with zero attached hydrogens (tertiary/aromatic N) is 2. The van der Waals surface area contributed by atoms with Gasteiger partial charge in [-0.1, -0.05) is 37.3 Å². The van der Waals surface area contributed by atoms with Crippen molar-refractivity contribution in [3.8, 4) is 0 Å². The normalized spacial score (nSPS) is 20.2. The molecular weight excluding hydrogens is 308 g/mol. The Hall–Kier alpha value is -2.37. The van der Waals surface area contributed by atoms with Gasteiger partial charge in [0.2, 0.25) is 5.91 Å². The minimum Gasteiger partial charge on any atom is -0.439 e. The average Bonchev–Trinajstić information content (AvgIpc) is 2.95. The van der Waals surface area contributed by atoms with Crippen LogP contribution in [0.1, 0.15) is 37.7 Å². The molecule has 6 heteroatoms. The second-order valence-corrected chi connectivity index (χ2v) is 6.25. The first-order valence-electron chi connectivity index (χ1n) is 8.44. The highest BCUT2D eigenvalue weighted by Gasteiger charge is 2.39. The standard InChI is InChI=1S/C18H22N2O4/c1-2-15(13-6-4-3-5-7-13)17(22)19-10-8-14(9-11-19)20-16(21)12-24-18(20)23/h3-7,14-15H,2,8-12H2,1H3. The molecule has 0 saturated carbocycles. The molecule has 0 radical (unpaired) electrons. The number of piperidine rings is 1. The molecule has 1 aromatic carbocycles. The van der Waals surface area contributed by atoms with Crippen LogP contribution in [-0.2, 0) is 14.3 Å². The van der Waals surface area contributed by atoms with E-state index >= 15 is 0 Å². The lowest BCUT2D eigenvalue weighted by molar-refractivity contribution is -0.135. The summed E-state index contributed by atoms with van der Waals surface area (Å²) >= 11 is 0. The van der Waals surface area contributed by atoms with Crippen molar-refractivity contribution in [1.82, 2.24) is 9.80 Å². The number of rotatable bonds is 4. The lowest BCUT2D eigenvalue weighted by Crippen LogP contribution is -2.49. The van der Waals surface area contributed by atoms with E-state index in [0.717, 1.165) is 12.0 Å². The molecule has 3 rings (SSSR count). The highest BCUT2D eigenvalue weighted by atomic mass is 16.6. The number of ether oxygens (including phenoxy) is 1.